The predicted octanol–water partition coefficient (Wildman–Crippen LogP) is 1.28. The molecule has 1 atom stereocenters. The molecule has 1 aliphatic heterocycles. The molecule has 2 rings (SSSR count). The number of nitrogens with one attached hydrogen (secondary N) is 2. The van der Waals surface area contributed by atoms with Gasteiger partial charge in [0.1, 0.15) is 5.69 Å². The molecule has 1 unspecified atom stereocenters. The second-order valence-corrected chi connectivity index (χ2v) is 6.99. The normalized spacial score (nSPS) is 19.4. The Kier molecular flexibility index (Phi) is 5.01. The Balaban J connectivity index is 2.07. The second-order valence-electron chi connectivity index (χ2n) is 6.99. The van der Waals surface area contributed by atoms with Gasteiger partial charge in [-0.3, -0.25) is 4.79 Å². The van der Waals surface area contributed by atoms with E-state index in [0.29, 0.717) is 0 Å². The van der Waals surface area contributed by atoms with Crippen LogP contribution in [0.2, 0.25) is 0 Å². The highest BCUT2D eigenvalue weighted by molar-refractivity contribution is 5.92. The van der Waals surface area contributed by atoms with Crippen LogP contribution in [0.4, 0.5) is 0 Å². The molecule has 0 aliphatic carbocycles. The molecule has 122 valence electrons. The Morgan fingerprint density at radius 3 is 2.86 bits per heavy atom. The summed E-state index contributed by atoms with van der Waals surface area (Å²) in [6.07, 6.45) is 2.06. The third-order valence-corrected chi connectivity index (χ3v) is 3.93. The first kappa shape index (κ1) is 16.7. The quantitative estimate of drug-likeness (QED) is 0.878. The number of nitrogens with zero attached hydrogens (tertiary/aromatic N) is 2. The van der Waals surface area contributed by atoms with Crippen molar-refractivity contribution in [1.29, 1.82) is 0 Å². The number of likely N-dealkylation sites (tertiary alicyclic amines) is 1. The Labute approximate surface area is 131 Å². The third kappa shape index (κ3) is 4.16. The summed E-state index contributed by atoms with van der Waals surface area (Å²) in [6, 6.07) is 1.81. The number of carbonyl (C=O) groups is 1. The third-order valence-electron chi connectivity index (χ3n) is 3.93. The van der Waals surface area contributed by atoms with E-state index in [1.165, 1.54) is 0 Å². The molecule has 0 saturated carbocycles. The highest BCUT2D eigenvalue weighted by Gasteiger charge is 2.25. The summed E-state index contributed by atoms with van der Waals surface area (Å²) in [7, 11) is 0. The van der Waals surface area contributed by atoms with E-state index in [-0.39, 0.29) is 23.1 Å². The van der Waals surface area contributed by atoms with Crippen molar-refractivity contribution in [3.63, 3.8) is 0 Å². The summed E-state index contributed by atoms with van der Waals surface area (Å²) >= 11 is 0. The molecule has 1 saturated heterocycles. The fraction of sp³-hybridized carbons (Fsp3) is 0.688. The summed E-state index contributed by atoms with van der Waals surface area (Å²) in [5.74, 6) is -0.264. The summed E-state index contributed by atoms with van der Waals surface area (Å²) in [5.41, 5.74) is 0.207. The van der Waals surface area contributed by atoms with Gasteiger partial charge >= 0.3 is 5.69 Å². The van der Waals surface area contributed by atoms with E-state index in [2.05, 4.69) is 27.1 Å². The lowest BCUT2D eigenvalue weighted by atomic mass is 9.91. The van der Waals surface area contributed by atoms with Gasteiger partial charge in [-0.05, 0) is 25.5 Å². The van der Waals surface area contributed by atoms with E-state index in [1.54, 1.807) is 6.07 Å². The van der Waals surface area contributed by atoms with Gasteiger partial charge in [0.2, 0.25) is 0 Å². The van der Waals surface area contributed by atoms with Crippen molar-refractivity contribution >= 4 is 5.91 Å². The Bertz CT molecular complexity index is 589. The fourth-order valence-electron chi connectivity index (χ4n) is 2.71. The minimum absolute atomic E-state index is 0.137. The lowest BCUT2D eigenvalue weighted by Gasteiger charge is -2.19. The Morgan fingerprint density at radius 1 is 1.50 bits per heavy atom. The molecule has 0 radical (unpaired) electrons. The van der Waals surface area contributed by atoms with Gasteiger partial charge in [-0.2, -0.15) is 4.98 Å². The Hall–Kier alpha value is -1.69. The number of carbonyl (C=O) groups excluding carboxylic acids is 1. The first-order valence-corrected chi connectivity index (χ1v) is 7.94. The highest BCUT2D eigenvalue weighted by Crippen LogP contribution is 2.19. The smallest absolute Gasteiger partial charge is 0.345 e. The van der Waals surface area contributed by atoms with E-state index < -0.39 is 5.69 Å². The molecule has 6 heteroatoms. The van der Waals surface area contributed by atoms with Crippen LogP contribution in [0, 0.1) is 0 Å². The molecule has 2 N–H and O–H groups in total. The van der Waals surface area contributed by atoms with Crippen LogP contribution >= 0.6 is 0 Å². The Morgan fingerprint density at radius 2 is 2.23 bits per heavy atom. The summed E-state index contributed by atoms with van der Waals surface area (Å²) in [4.78, 5) is 32.9. The van der Waals surface area contributed by atoms with Crippen LogP contribution in [0.25, 0.3) is 0 Å². The van der Waals surface area contributed by atoms with Crippen LogP contribution in [0.1, 0.15) is 56.7 Å². The summed E-state index contributed by atoms with van der Waals surface area (Å²) in [5, 5.41) is 2.99. The zero-order valence-electron chi connectivity index (χ0n) is 13.9. The van der Waals surface area contributed by atoms with E-state index >= 15 is 0 Å². The maximum absolute atomic E-state index is 12.4. The number of rotatable bonds is 4. The van der Waals surface area contributed by atoms with Crippen molar-refractivity contribution in [3.05, 3.63) is 27.9 Å². The number of aromatic nitrogens is 2. The largest absolute Gasteiger partial charge is 0.347 e. The maximum atomic E-state index is 12.4. The minimum atomic E-state index is -0.475. The number of hydrogen-bond donors (Lipinski definition) is 2. The van der Waals surface area contributed by atoms with Crippen molar-refractivity contribution in [3.8, 4) is 0 Å². The van der Waals surface area contributed by atoms with E-state index in [4.69, 9.17) is 0 Å². The summed E-state index contributed by atoms with van der Waals surface area (Å²) in [6.45, 7) is 11.0. The second kappa shape index (κ2) is 6.60. The van der Waals surface area contributed by atoms with Gasteiger partial charge in [0.25, 0.3) is 5.91 Å². The van der Waals surface area contributed by atoms with Crippen molar-refractivity contribution in [2.75, 3.05) is 19.6 Å². The molecule has 0 spiro atoms. The molecule has 22 heavy (non-hydrogen) atoms. The molecule has 1 aromatic heterocycles. The standard InChI is InChI=1S/C16H26N4O2/c1-5-7-20-8-6-11(10-20)17-14(21)12-9-13(16(2,3)4)19-15(22)18-12/h9,11H,5-8,10H2,1-4H3,(H,17,21)(H,18,19,22). The van der Waals surface area contributed by atoms with Gasteiger partial charge < -0.3 is 15.2 Å². The predicted molar refractivity (Wildman–Crippen MR) is 86.2 cm³/mol. The average molecular weight is 306 g/mol. The van der Waals surface area contributed by atoms with Crippen molar-refractivity contribution in [2.24, 2.45) is 0 Å². The molecule has 1 aliphatic rings. The monoisotopic (exact) mass is 306 g/mol. The van der Waals surface area contributed by atoms with Gasteiger partial charge in [-0.1, -0.05) is 27.7 Å². The van der Waals surface area contributed by atoms with E-state index in [1.807, 2.05) is 20.8 Å². The van der Waals surface area contributed by atoms with E-state index in [0.717, 1.165) is 38.2 Å². The first-order valence-electron chi connectivity index (χ1n) is 7.94. The fourth-order valence-corrected chi connectivity index (χ4v) is 2.71. The number of amides is 1. The molecule has 1 amide bonds. The van der Waals surface area contributed by atoms with Crippen LogP contribution in [-0.4, -0.2) is 46.5 Å². The number of hydrogen-bond acceptors (Lipinski definition) is 4. The van der Waals surface area contributed by atoms with Crippen LogP contribution in [0.5, 0.6) is 0 Å². The zero-order chi connectivity index (χ0) is 16.3. The maximum Gasteiger partial charge on any atom is 0.345 e. The number of H-pyrrole nitrogens is 1. The highest BCUT2D eigenvalue weighted by atomic mass is 16.2. The molecule has 0 aromatic carbocycles. The summed E-state index contributed by atoms with van der Waals surface area (Å²) < 4.78 is 0. The first-order chi connectivity index (χ1) is 10.3. The molecule has 2 heterocycles. The molecule has 1 aromatic rings. The molecule has 6 nitrogen and oxygen atoms in total. The van der Waals surface area contributed by atoms with Crippen molar-refractivity contribution in [2.45, 2.75) is 52.0 Å². The molecule has 0 bridgehead atoms. The van der Waals surface area contributed by atoms with Crippen molar-refractivity contribution < 1.29 is 4.79 Å². The zero-order valence-corrected chi connectivity index (χ0v) is 13.9. The van der Waals surface area contributed by atoms with Gasteiger partial charge in [0, 0.05) is 30.2 Å². The average Bonchev–Trinajstić information content (AvgIpc) is 2.85. The van der Waals surface area contributed by atoms with Gasteiger partial charge in [-0.15, -0.1) is 0 Å². The number of aromatic amines is 1. The van der Waals surface area contributed by atoms with Crippen LogP contribution in [0.3, 0.4) is 0 Å². The van der Waals surface area contributed by atoms with Gasteiger partial charge in [0.15, 0.2) is 0 Å². The molecular weight excluding hydrogens is 280 g/mol. The minimum Gasteiger partial charge on any atom is -0.347 e. The van der Waals surface area contributed by atoms with Gasteiger partial charge in [0.05, 0.1) is 0 Å². The van der Waals surface area contributed by atoms with Crippen LogP contribution in [0.15, 0.2) is 10.9 Å². The van der Waals surface area contributed by atoms with Gasteiger partial charge in [-0.25, -0.2) is 4.79 Å². The lowest BCUT2D eigenvalue weighted by Crippen LogP contribution is -2.38. The topological polar surface area (TPSA) is 78.1 Å². The molecule has 1 fully saturated rings. The molecular formula is C16H26N4O2. The SMILES string of the molecule is CCCN1CCC(NC(=O)c2cc(C(C)(C)C)[nH]c(=O)n2)C1. The van der Waals surface area contributed by atoms with Crippen molar-refractivity contribution in [1.82, 2.24) is 20.2 Å². The van der Waals surface area contributed by atoms with Crippen LogP contribution in [-0.2, 0) is 5.41 Å². The van der Waals surface area contributed by atoms with E-state index in [9.17, 15) is 9.59 Å². The lowest BCUT2D eigenvalue weighted by molar-refractivity contribution is 0.0932. The van der Waals surface area contributed by atoms with Crippen LogP contribution < -0.4 is 11.0 Å².